The SMILES string of the molecule is CCCCCCCCCCCCN(C)CCC(O)O. The summed E-state index contributed by atoms with van der Waals surface area (Å²) in [6, 6.07) is 0. The third-order valence-corrected chi connectivity index (χ3v) is 3.66. The van der Waals surface area contributed by atoms with Crippen molar-refractivity contribution in [2.75, 3.05) is 20.1 Å². The summed E-state index contributed by atoms with van der Waals surface area (Å²) >= 11 is 0. The van der Waals surface area contributed by atoms with Gasteiger partial charge in [-0.25, -0.2) is 0 Å². The van der Waals surface area contributed by atoms with Crippen LogP contribution in [0.2, 0.25) is 0 Å². The fraction of sp³-hybridized carbons (Fsp3) is 1.00. The molecule has 0 aromatic carbocycles. The molecule has 0 rings (SSSR count). The van der Waals surface area contributed by atoms with Crippen molar-refractivity contribution in [3.63, 3.8) is 0 Å². The highest BCUT2D eigenvalue weighted by Crippen LogP contribution is 2.10. The molecule has 0 atom stereocenters. The number of hydrogen-bond donors (Lipinski definition) is 2. The van der Waals surface area contributed by atoms with E-state index in [-0.39, 0.29) is 0 Å². The summed E-state index contributed by atoms with van der Waals surface area (Å²) in [5, 5.41) is 17.6. The quantitative estimate of drug-likeness (QED) is 0.376. The number of unbranched alkanes of at least 4 members (excludes halogenated alkanes) is 9. The van der Waals surface area contributed by atoms with Gasteiger partial charge in [0.05, 0.1) is 0 Å². The Morgan fingerprint density at radius 3 is 1.68 bits per heavy atom. The maximum Gasteiger partial charge on any atom is 0.152 e. The van der Waals surface area contributed by atoms with Gasteiger partial charge in [-0.15, -0.1) is 0 Å². The fourth-order valence-electron chi connectivity index (χ4n) is 2.32. The Morgan fingerprint density at radius 2 is 1.21 bits per heavy atom. The van der Waals surface area contributed by atoms with E-state index in [0.717, 1.165) is 13.1 Å². The van der Waals surface area contributed by atoms with E-state index in [1.807, 2.05) is 0 Å². The van der Waals surface area contributed by atoms with Crippen LogP contribution in [-0.4, -0.2) is 41.5 Å². The van der Waals surface area contributed by atoms with Crippen LogP contribution in [0.5, 0.6) is 0 Å². The molecular formula is C16H35NO2. The minimum Gasteiger partial charge on any atom is -0.368 e. The van der Waals surface area contributed by atoms with Gasteiger partial charge >= 0.3 is 0 Å². The topological polar surface area (TPSA) is 43.7 Å². The molecule has 3 heteroatoms. The Morgan fingerprint density at radius 1 is 0.737 bits per heavy atom. The predicted octanol–water partition coefficient (Wildman–Crippen LogP) is 3.54. The zero-order valence-corrected chi connectivity index (χ0v) is 13.1. The smallest absolute Gasteiger partial charge is 0.152 e. The maximum absolute atomic E-state index is 8.78. The second-order valence-corrected chi connectivity index (χ2v) is 5.75. The van der Waals surface area contributed by atoms with Gasteiger partial charge in [-0.3, -0.25) is 0 Å². The van der Waals surface area contributed by atoms with Crippen LogP contribution in [0.1, 0.15) is 77.6 Å². The number of aliphatic hydroxyl groups is 2. The zero-order chi connectivity index (χ0) is 14.3. The lowest BCUT2D eigenvalue weighted by molar-refractivity contribution is -0.0493. The van der Waals surface area contributed by atoms with Crippen LogP contribution in [0, 0.1) is 0 Å². The Balaban J connectivity index is 3.09. The monoisotopic (exact) mass is 273 g/mol. The third-order valence-electron chi connectivity index (χ3n) is 3.66. The van der Waals surface area contributed by atoms with E-state index in [1.165, 1.54) is 64.2 Å². The van der Waals surface area contributed by atoms with Crippen molar-refractivity contribution in [2.45, 2.75) is 83.8 Å². The average Bonchev–Trinajstić information content (AvgIpc) is 2.38. The highest BCUT2D eigenvalue weighted by Gasteiger charge is 2.01. The van der Waals surface area contributed by atoms with E-state index < -0.39 is 6.29 Å². The van der Waals surface area contributed by atoms with Gasteiger partial charge in [-0.1, -0.05) is 64.7 Å². The first-order valence-electron chi connectivity index (χ1n) is 8.21. The van der Waals surface area contributed by atoms with Gasteiger partial charge in [0.2, 0.25) is 0 Å². The summed E-state index contributed by atoms with van der Waals surface area (Å²) < 4.78 is 0. The molecular weight excluding hydrogens is 238 g/mol. The molecule has 0 aliphatic carbocycles. The molecule has 3 nitrogen and oxygen atoms in total. The Labute approximate surface area is 120 Å². The van der Waals surface area contributed by atoms with Crippen LogP contribution in [0.15, 0.2) is 0 Å². The van der Waals surface area contributed by atoms with Gasteiger partial charge < -0.3 is 15.1 Å². The van der Waals surface area contributed by atoms with Crippen LogP contribution in [0.4, 0.5) is 0 Å². The molecule has 0 unspecified atom stereocenters. The highest BCUT2D eigenvalue weighted by molar-refractivity contribution is 4.54. The summed E-state index contributed by atoms with van der Waals surface area (Å²) in [6.07, 6.45) is 12.9. The molecule has 0 bridgehead atoms. The second kappa shape index (κ2) is 14.3. The first kappa shape index (κ1) is 18.9. The summed E-state index contributed by atoms with van der Waals surface area (Å²) in [7, 11) is 2.05. The van der Waals surface area contributed by atoms with Gasteiger partial charge in [0.1, 0.15) is 0 Å². The number of aliphatic hydroxyl groups excluding tert-OH is 1. The molecule has 0 amide bonds. The molecule has 0 saturated carbocycles. The lowest BCUT2D eigenvalue weighted by Gasteiger charge is -2.16. The molecule has 0 fully saturated rings. The Kier molecular flexibility index (Phi) is 14.2. The van der Waals surface area contributed by atoms with Crippen LogP contribution >= 0.6 is 0 Å². The number of rotatable bonds is 14. The van der Waals surface area contributed by atoms with Crippen molar-refractivity contribution in [3.8, 4) is 0 Å². The molecule has 0 saturated heterocycles. The van der Waals surface area contributed by atoms with Crippen molar-refractivity contribution in [2.24, 2.45) is 0 Å². The predicted molar refractivity (Wildman–Crippen MR) is 82.2 cm³/mol. The summed E-state index contributed by atoms with van der Waals surface area (Å²) in [4.78, 5) is 2.18. The van der Waals surface area contributed by atoms with Gasteiger partial charge in [0, 0.05) is 13.0 Å². The second-order valence-electron chi connectivity index (χ2n) is 5.75. The zero-order valence-electron chi connectivity index (χ0n) is 13.1. The van der Waals surface area contributed by atoms with E-state index in [4.69, 9.17) is 10.2 Å². The molecule has 0 aliphatic heterocycles. The van der Waals surface area contributed by atoms with Gasteiger partial charge in [-0.05, 0) is 20.0 Å². The molecule has 0 radical (unpaired) electrons. The highest BCUT2D eigenvalue weighted by atomic mass is 16.5. The summed E-state index contributed by atoms with van der Waals surface area (Å²) in [5.74, 6) is 0. The first-order valence-corrected chi connectivity index (χ1v) is 8.21. The molecule has 0 heterocycles. The molecule has 19 heavy (non-hydrogen) atoms. The Bertz CT molecular complexity index is 174. The summed E-state index contributed by atoms with van der Waals surface area (Å²) in [5.41, 5.74) is 0. The van der Waals surface area contributed by atoms with Crippen LogP contribution in [0.3, 0.4) is 0 Å². The third kappa shape index (κ3) is 15.8. The van der Waals surface area contributed by atoms with E-state index in [0.29, 0.717) is 6.42 Å². The minimum atomic E-state index is -1.16. The van der Waals surface area contributed by atoms with Gasteiger partial charge in [-0.2, -0.15) is 0 Å². The van der Waals surface area contributed by atoms with Crippen LogP contribution in [-0.2, 0) is 0 Å². The Hall–Kier alpha value is -0.120. The molecule has 0 aromatic heterocycles. The van der Waals surface area contributed by atoms with Gasteiger partial charge in [0.25, 0.3) is 0 Å². The lowest BCUT2D eigenvalue weighted by Crippen LogP contribution is -2.24. The van der Waals surface area contributed by atoms with Crippen LogP contribution in [0.25, 0.3) is 0 Å². The maximum atomic E-state index is 8.78. The number of nitrogens with zero attached hydrogens (tertiary/aromatic N) is 1. The molecule has 0 aromatic rings. The van der Waals surface area contributed by atoms with E-state index in [2.05, 4.69) is 18.9 Å². The number of hydrogen-bond acceptors (Lipinski definition) is 3. The van der Waals surface area contributed by atoms with Crippen LogP contribution < -0.4 is 0 Å². The largest absolute Gasteiger partial charge is 0.368 e. The van der Waals surface area contributed by atoms with Crippen molar-refractivity contribution >= 4 is 0 Å². The lowest BCUT2D eigenvalue weighted by atomic mass is 10.1. The van der Waals surface area contributed by atoms with E-state index >= 15 is 0 Å². The van der Waals surface area contributed by atoms with Gasteiger partial charge in [0.15, 0.2) is 6.29 Å². The van der Waals surface area contributed by atoms with E-state index in [9.17, 15) is 0 Å². The molecule has 116 valence electrons. The van der Waals surface area contributed by atoms with Crippen molar-refractivity contribution in [3.05, 3.63) is 0 Å². The fourth-order valence-corrected chi connectivity index (χ4v) is 2.32. The summed E-state index contributed by atoms with van der Waals surface area (Å²) in [6.45, 7) is 4.11. The van der Waals surface area contributed by atoms with Crippen molar-refractivity contribution < 1.29 is 10.2 Å². The molecule has 0 spiro atoms. The normalized spacial score (nSPS) is 11.7. The average molecular weight is 273 g/mol. The standard InChI is InChI=1S/C16H35NO2/c1-3-4-5-6-7-8-9-10-11-12-14-17(2)15-13-16(18)19/h16,18-19H,3-15H2,1-2H3. The van der Waals surface area contributed by atoms with Crippen molar-refractivity contribution in [1.82, 2.24) is 4.90 Å². The minimum absolute atomic E-state index is 0.453. The first-order chi connectivity index (χ1) is 9.16. The van der Waals surface area contributed by atoms with Crippen molar-refractivity contribution in [1.29, 1.82) is 0 Å². The molecule has 0 aliphatic rings. The molecule has 2 N–H and O–H groups in total. The van der Waals surface area contributed by atoms with E-state index in [1.54, 1.807) is 0 Å².